The zero-order valence-electron chi connectivity index (χ0n) is 10.9. The molecule has 0 heterocycles. The zero-order valence-corrected chi connectivity index (χ0v) is 10.9. The molecule has 1 fully saturated rings. The Balaban J connectivity index is 2.42. The van der Waals surface area contributed by atoms with Gasteiger partial charge in [-0.25, -0.2) is 0 Å². The van der Waals surface area contributed by atoms with Crippen molar-refractivity contribution < 1.29 is 9.59 Å². The number of primary amides is 1. The average Bonchev–Trinajstić information content (AvgIpc) is 3.02. The number of hydrogen-bond acceptors (Lipinski definition) is 3. The molecule has 0 saturated heterocycles. The van der Waals surface area contributed by atoms with Crippen LogP contribution >= 0.6 is 0 Å². The van der Waals surface area contributed by atoms with Gasteiger partial charge in [0.15, 0.2) is 0 Å². The van der Waals surface area contributed by atoms with Gasteiger partial charge in [-0.15, -0.1) is 0 Å². The summed E-state index contributed by atoms with van der Waals surface area (Å²) in [5, 5.41) is 2.95. The van der Waals surface area contributed by atoms with Crippen molar-refractivity contribution in [1.29, 1.82) is 0 Å². The molecule has 0 radical (unpaired) electrons. The summed E-state index contributed by atoms with van der Waals surface area (Å²) in [5.74, 6) is -0.250. The van der Waals surface area contributed by atoms with E-state index >= 15 is 0 Å². The predicted octanol–water partition coefficient (Wildman–Crippen LogP) is 0.0968. The van der Waals surface area contributed by atoms with Crippen LogP contribution in [0.2, 0.25) is 0 Å². The molecule has 0 bridgehead atoms. The molecule has 2 amide bonds. The van der Waals surface area contributed by atoms with Gasteiger partial charge in [0.2, 0.25) is 11.8 Å². The Morgan fingerprint density at radius 3 is 2.35 bits per heavy atom. The molecule has 0 spiro atoms. The van der Waals surface area contributed by atoms with Gasteiger partial charge in [-0.05, 0) is 25.7 Å². The van der Waals surface area contributed by atoms with E-state index in [1.54, 1.807) is 0 Å². The Hall–Kier alpha value is -1.10. The molecule has 98 valence electrons. The molecule has 1 saturated carbocycles. The molecule has 1 rings (SSSR count). The SMILES string of the molecule is CCN(C(=O)CNC(C(N)=O)C(C)C)C1CC1. The lowest BCUT2D eigenvalue weighted by Crippen LogP contribution is -2.49. The highest BCUT2D eigenvalue weighted by atomic mass is 16.2. The van der Waals surface area contributed by atoms with Crippen LogP contribution < -0.4 is 11.1 Å². The molecule has 1 unspecified atom stereocenters. The lowest BCUT2D eigenvalue weighted by atomic mass is 10.0. The van der Waals surface area contributed by atoms with Crippen molar-refractivity contribution in [2.75, 3.05) is 13.1 Å². The zero-order chi connectivity index (χ0) is 13.0. The number of likely N-dealkylation sites (N-methyl/N-ethyl adjacent to an activating group) is 1. The summed E-state index contributed by atoms with van der Waals surface area (Å²) < 4.78 is 0. The third-order valence-electron chi connectivity index (χ3n) is 3.10. The van der Waals surface area contributed by atoms with Crippen LogP contribution in [0, 0.1) is 5.92 Å². The fraction of sp³-hybridized carbons (Fsp3) is 0.833. The maximum Gasteiger partial charge on any atom is 0.236 e. The molecule has 5 heteroatoms. The van der Waals surface area contributed by atoms with Gasteiger partial charge in [-0.2, -0.15) is 0 Å². The van der Waals surface area contributed by atoms with Crippen LogP contribution in [-0.2, 0) is 9.59 Å². The third kappa shape index (κ3) is 4.00. The number of amides is 2. The summed E-state index contributed by atoms with van der Waals surface area (Å²) in [6, 6.07) is -0.0164. The van der Waals surface area contributed by atoms with E-state index < -0.39 is 11.9 Å². The van der Waals surface area contributed by atoms with E-state index in [0.717, 1.165) is 19.4 Å². The number of rotatable bonds is 7. The molecule has 0 aliphatic heterocycles. The number of carbonyl (C=O) groups is 2. The topological polar surface area (TPSA) is 75.4 Å². The minimum atomic E-state index is -0.433. The lowest BCUT2D eigenvalue weighted by molar-refractivity contribution is -0.131. The minimum absolute atomic E-state index is 0.0573. The maximum absolute atomic E-state index is 11.9. The smallest absolute Gasteiger partial charge is 0.236 e. The second-order valence-corrected chi connectivity index (χ2v) is 4.92. The van der Waals surface area contributed by atoms with E-state index in [1.165, 1.54) is 0 Å². The van der Waals surface area contributed by atoms with E-state index in [0.29, 0.717) is 6.04 Å². The van der Waals surface area contributed by atoms with Crippen molar-refractivity contribution in [3.05, 3.63) is 0 Å². The predicted molar refractivity (Wildman–Crippen MR) is 66.2 cm³/mol. The van der Waals surface area contributed by atoms with E-state index in [4.69, 9.17) is 5.73 Å². The molecule has 3 N–H and O–H groups in total. The largest absolute Gasteiger partial charge is 0.368 e. The Morgan fingerprint density at radius 1 is 1.41 bits per heavy atom. The Morgan fingerprint density at radius 2 is 2.00 bits per heavy atom. The van der Waals surface area contributed by atoms with Crippen LogP contribution in [0.3, 0.4) is 0 Å². The van der Waals surface area contributed by atoms with Crippen molar-refractivity contribution in [1.82, 2.24) is 10.2 Å². The first-order valence-corrected chi connectivity index (χ1v) is 6.29. The van der Waals surface area contributed by atoms with E-state index in [9.17, 15) is 9.59 Å². The van der Waals surface area contributed by atoms with Crippen LogP contribution in [-0.4, -0.2) is 41.9 Å². The lowest BCUT2D eigenvalue weighted by Gasteiger charge is -2.23. The van der Waals surface area contributed by atoms with Crippen LogP contribution in [0.15, 0.2) is 0 Å². The molecule has 1 atom stereocenters. The standard InChI is InChI=1S/C12H23N3O2/c1-4-15(9-5-6-9)10(16)7-14-11(8(2)3)12(13)17/h8-9,11,14H,4-7H2,1-3H3,(H2,13,17). The summed E-state index contributed by atoms with van der Waals surface area (Å²) in [7, 11) is 0. The van der Waals surface area contributed by atoms with Crippen molar-refractivity contribution >= 4 is 11.8 Å². The van der Waals surface area contributed by atoms with Crippen LogP contribution in [0.4, 0.5) is 0 Å². The minimum Gasteiger partial charge on any atom is -0.368 e. The van der Waals surface area contributed by atoms with Gasteiger partial charge in [0.1, 0.15) is 0 Å². The number of nitrogens with two attached hydrogens (primary N) is 1. The molecule has 0 aromatic carbocycles. The van der Waals surface area contributed by atoms with Crippen molar-refractivity contribution in [2.45, 2.75) is 45.7 Å². The van der Waals surface area contributed by atoms with Crippen LogP contribution in [0.1, 0.15) is 33.6 Å². The molecular weight excluding hydrogens is 218 g/mol. The van der Waals surface area contributed by atoms with Crippen LogP contribution in [0.5, 0.6) is 0 Å². The summed E-state index contributed by atoms with van der Waals surface area (Å²) in [6.45, 7) is 6.71. The number of nitrogens with one attached hydrogen (secondary N) is 1. The first-order chi connectivity index (χ1) is 7.97. The van der Waals surface area contributed by atoms with E-state index in [2.05, 4.69) is 5.32 Å². The summed E-state index contributed by atoms with van der Waals surface area (Å²) in [4.78, 5) is 25.0. The fourth-order valence-electron chi connectivity index (χ4n) is 1.99. The maximum atomic E-state index is 11.9. The first-order valence-electron chi connectivity index (χ1n) is 6.29. The first kappa shape index (κ1) is 14.0. The Labute approximate surface area is 103 Å². The second-order valence-electron chi connectivity index (χ2n) is 4.92. The highest BCUT2D eigenvalue weighted by molar-refractivity contribution is 5.82. The summed E-state index contributed by atoms with van der Waals surface area (Å²) >= 11 is 0. The molecule has 1 aliphatic carbocycles. The van der Waals surface area contributed by atoms with Gasteiger partial charge in [0.05, 0.1) is 12.6 Å². The fourth-order valence-corrected chi connectivity index (χ4v) is 1.99. The molecule has 0 aromatic heterocycles. The van der Waals surface area contributed by atoms with Gasteiger partial charge in [-0.1, -0.05) is 13.8 Å². The summed E-state index contributed by atoms with van der Waals surface area (Å²) in [5.41, 5.74) is 5.28. The Kier molecular flexibility index (Phi) is 4.93. The molecule has 0 aromatic rings. The Bertz CT molecular complexity index is 287. The quantitative estimate of drug-likeness (QED) is 0.663. The van der Waals surface area contributed by atoms with Gasteiger partial charge >= 0.3 is 0 Å². The molecular formula is C12H23N3O2. The van der Waals surface area contributed by atoms with E-state index in [1.807, 2.05) is 25.7 Å². The van der Waals surface area contributed by atoms with E-state index in [-0.39, 0.29) is 18.4 Å². The van der Waals surface area contributed by atoms with Gasteiger partial charge in [0.25, 0.3) is 0 Å². The summed E-state index contributed by atoms with van der Waals surface area (Å²) in [6.07, 6.45) is 2.20. The number of nitrogens with zero attached hydrogens (tertiary/aromatic N) is 1. The molecule has 17 heavy (non-hydrogen) atoms. The van der Waals surface area contributed by atoms with Gasteiger partial charge in [0, 0.05) is 12.6 Å². The average molecular weight is 241 g/mol. The van der Waals surface area contributed by atoms with Crippen molar-refractivity contribution in [2.24, 2.45) is 11.7 Å². The molecule has 1 aliphatic rings. The van der Waals surface area contributed by atoms with Gasteiger partial charge < -0.3 is 10.6 Å². The van der Waals surface area contributed by atoms with Crippen LogP contribution in [0.25, 0.3) is 0 Å². The van der Waals surface area contributed by atoms with Gasteiger partial charge in [-0.3, -0.25) is 14.9 Å². The molecule has 5 nitrogen and oxygen atoms in total. The second kappa shape index (κ2) is 6.00. The number of carbonyl (C=O) groups excluding carboxylic acids is 2. The van der Waals surface area contributed by atoms with Crippen molar-refractivity contribution in [3.63, 3.8) is 0 Å². The number of hydrogen-bond donors (Lipinski definition) is 2. The monoisotopic (exact) mass is 241 g/mol. The van der Waals surface area contributed by atoms with Crippen molar-refractivity contribution in [3.8, 4) is 0 Å². The highest BCUT2D eigenvalue weighted by Crippen LogP contribution is 2.26. The third-order valence-corrected chi connectivity index (χ3v) is 3.10. The normalized spacial score (nSPS) is 16.9. The highest BCUT2D eigenvalue weighted by Gasteiger charge is 2.31.